The lowest BCUT2D eigenvalue weighted by molar-refractivity contribution is 0.0270. The van der Waals surface area contributed by atoms with Crippen molar-refractivity contribution >= 4 is 0 Å². The molecular weight excluding hydrogens is 301 g/mol. The Hall–Kier alpha value is -1.71. The van der Waals surface area contributed by atoms with Gasteiger partial charge in [-0.3, -0.25) is 0 Å². The molecular formula is C21H24FNO. The molecule has 2 aromatic rings. The third kappa shape index (κ3) is 2.56. The standard InChI is InChI=1S/C21H24FNO/c1-13-16-6-4-5-7-18(16)20-11-15(12-23(2)3)24-21(20)19-10-14(22)8-9-17(13)19/h4-10,13,15,20-21H,11-12H2,1-3H3. The second-order valence-corrected chi connectivity index (χ2v) is 7.41. The van der Waals surface area contributed by atoms with Crippen LogP contribution in [0.3, 0.4) is 0 Å². The van der Waals surface area contributed by atoms with Crippen LogP contribution in [-0.4, -0.2) is 31.6 Å². The van der Waals surface area contributed by atoms with E-state index in [4.69, 9.17) is 4.74 Å². The first-order valence-electron chi connectivity index (χ1n) is 8.73. The van der Waals surface area contributed by atoms with Gasteiger partial charge < -0.3 is 9.64 Å². The van der Waals surface area contributed by atoms with Crippen LogP contribution in [0.2, 0.25) is 0 Å². The SMILES string of the molecule is CC1c2ccccc2C2CC(CN(C)C)OC2c2cc(F)ccc21. The van der Waals surface area contributed by atoms with Gasteiger partial charge in [-0.15, -0.1) is 0 Å². The molecule has 0 radical (unpaired) electrons. The molecule has 0 aromatic heterocycles. The normalized spacial score (nSPS) is 28.2. The summed E-state index contributed by atoms with van der Waals surface area (Å²) in [6.45, 7) is 3.11. The summed E-state index contributed by atoms with van der Waals surface area (Å²) in [6, 6.07) is 13.9. The number of nitrogens with zero attached hydrogens (tertiary/aromatic N) is 1. The highest BCUT2D eigenvalue weighted by molar-refractivity contribution is 5.48. The van der Waals surface area contributed by atoms with Crippen LogP contribution in [0, 0.1) is 5.82 Å². The Bertz CT molecular complexity index is 757. The van der Waals surface area contributed by atoms with Crippen LogP contribution in [0.5, 0.6) is 0 Å². The number of halogens is 1. The minimum atomic E-state index is -0.176. The van der Waals surface area contributed by atoms with Crippen molar-refractivity contribution in [3.05, 3.63) is 70.5 Å². The first kappa shape index (κ1) is 15.8. The minimum absolute atomic E-state index is 0.0493. The molecule has 126 valence electrons. The number of rotatable bonds is 2. The molecule has 1 fully saturated rings. The van der Waals surface area contributed by atoms with Crippen molar-refractivity contribution in [2.24, 2.45) is 0 Å². The van der Waals surface area contributed by atoms with Crippen molar-refractivity contribution < 1.29 is 9.13 Å². The van der Waals surface area contributed by atoms with E-state index in [0.717, 1.165) is 18.5 Å². The molecule has 0 N–H and O–H groups in total. The highest BCUT2D eigenvalue weighted by Crippen LogP contribution is 2.51. The van der Waals surface area contributed by atoms with Crippen LogP contribution in [0.1, 0.15) is 53.5 Å². The summed E-state index contributed by atoms with van der Waals surface area (Å²) in [5.41, 5.74) is 4.95. The number of hydrogen-bond acceptors (Lipinski definition) is 2. The number of fused-ring (bicyclic) bond motifs is 5. The van der Waals surface area contributed by atoms with Crippen LogP contribution in [-0.2, 0) is 4.74 Å². The smallest absolute Gasteiger partial charge is 0.123 e. The van der Waals surface area contributed by atoms with E-state index < -0.39 is 0 Å². The molecule has 1 aliphatic heterocycles. The Morgan fingerprint density at radius 1 is 1.04 bits per heavy atom. The molecule has 4 atom stereocenters. The maximum absolute atomic E-state index is 14.0. The molecule has 4 rings (SSSR count). The molecule has 4 unspecified atom stereocenters. The quantitative estimate of drug-likeness (QED) is 0.808. The van der Waals surface area contributed by atoms with E-state index in [1.807, 2.05) is 6.07 Å². The second-order valence-electron chi connectivity index (χ2n) is 7.41. The lowest BCUT2D eigenvalue weighted by Crippen LogP contribution is -2.25. The van der Waals surface area contributed by atoms with Gasteiger partial charge in [0.15, 0.2) is 0 Å². The van der Waals surface area contributed by atoms with Gasteiger partial charge in [0.25, 0.3) is 0 Å². The molecule has 0 bridgehead atoms. The molecule has 1 aliphatic carbocycles. The van der Waals surface area contributed by atoms with Gasteiger partial charge in [0.2, 0.25) is 0 Å². The Kier molecular flexibility index (Phi) is 3.93. The monoisotopic (exact) mass is 325 g/mol. The third-order valence-electron chi connectivity index (χ3n) is 5.47. The van der Waals surface area contributed by atoms with Crippen molar-refractivity contribution in [2.45, 2.75) is 37.4 Å². The molecule has 24 heavy (non-hydrogen) atoms. The van der Waals surface area contributed by atoms with E-state index in [-0.39, 0.29) is 23.9 Å². The van der Waals surface area contributed by atoms with E-state index in [0.29, 0.717) is 5.92 Å². The molecule has 1 heterocycles. The van der Waals surface area contributed by atoms with Crippen molar-refractivity contribution in [1.29, 1.82) is 0 Å². The molecule has 1 saturated heterocycles. The highest BCUT2D eigenvalue weighted by atomic mass is 19.1. The number of benzene rings is 2. The van der Waals surface area contributed by atoms with Crippen LogP contribution >= 0.6 is 0 Å². The van der Waals surface area contributed by atoms with Crippen molar-refractivity contribution in [2.75, 3.05) is 20.6 Å². The summed E-state index contributed by atoms with van der Waals surface area (Å²) < 4.78 is 20.4. The first-order chi connectivity index (χ1) is 11.5. The van der Waals surface area contributed by atoms with Crippen LogP contribution < -0.4 is 0 Å². The number of hydrogen-bond donors (Lipinski definition) is 0. The lowest BCUT2D eigenvalue weighted by atomic mass is 9.86. The average Bonchev–Trinajstić information content (AvgIpc) is 2.93. The van der Waals surface area contributed by atoms with Crippen molar-refractivity contribution in [3.63, 3.8) is 0 Å². The molecule has 2 nitrogen and oxygen atoms in total. The maximum Gasteiger partial charge on any atom is 0.123 e. The zero-order chi connectivity index (χ0) is 16.8. The summed E-state index contributed by atoms with van der Waals surface area (Å²) in [5.74, 6) is 0.389. The molecule has 0 amide bonds. The topological polar surface area (TPSA) is 12.5 Å². The fourth-order valence-corrected chi connectivity index (χ4v) is 4.47. The van der Waals surface area contributed by atoms with Gasteiger partial charge in [0, 0.05) is 18.4 Å². The van der Waals surface area contributed by atoms with E-state index in [1.165, 1.54) is 16.7 Å². The first-order valence-corrected chi connectivity index (χ1v) is 8.73. The van der Waals surface area contributed by atoms with Gasteiger partial charge in [0.1, 0.15) is 5.82 Å². The van der Waals surface area contributed by atoms with Gasteiger partial charge in [-0.1, -0.05) is 37.3 Å². The summed E-state index contributed by atoms with van der Waals surface area (Å²) in [4.78, 5) is 2.16. The Balaban J connectivity index is 1.85. The Morgan fingerprint density at radius 2 is 1.75 bits per heavy atom. The molecule has 3 heteroatoms. The maximum atomic E-state index is 14.0. The predicted molar refractivity (Wildman–Crippen MR) is 93.9 cm³/mol. The highest BCUT2D eigenvalue weighted by Gasteiger charge is 2.42. The fourth-order valence-electron chi connectivity index (χ4n) is 4.47. The van der Waals surface area contributed by atoms with Crippen LogP contribution in [0.4, 0.5) is 4.39 Å². The largest absolute Gasteiger partial charge is 0.368 e. The lowest BCUT2D eigenvalue weighted by Gasteiger charge is -2.21. The second kappa shape index (κ2) is 5.98. The minimum Gasteiger partial charge on any atom is -0.368 e. The van der Waals surface area contributed by atoms with Crippen molar-refractivity contribution in [1.82, 2.24) is 4.90 Å². The third-order valence-corrected chi connectivity index (χ3v) is 5.47. The molecule has 2 aromatic carbocycles. The van der Waals surface area contributed by atoms with E-state index >= 15 is 0 Å². The summed E-state index contributed by atoms with van der Waals surface area (Å²) >= 11 is 0. The van der Waals surface area contributed by atoms with Crippen molar-refractivity contribution in [3.8, 4) is 0 Å². The Labute approximate surface area is 143 Å². The summed E-state index contributed by atoms with van der Waals surface area (Å²) in [6.07, 6.45) is 1.13. The zero-order valence-corrected chi connectivity index (χ0v) is 14.5. The van der Waals surface area contributed by atoms with Gasteiger partial charge in [0.05, 0.1) is 12.2 Å². The predicted octanol–water partition coefficient (Wildman–Crippen LogP) is 4.47. The van der Waals surface area contributed by atoms with Crippen LogP contribution in [0.25, 0.3) is 0 Å². The fraction of sp³-hybridized carbons (Fsp3) is 0.429. The van der Waals surface area contributed by atoms with E-state index in [9.17, 15) is 4.39 Å². The van der Waals surface area contributed by atoms with E-state index in [1.54, 1.807) is 12.1 Å². The number of likely N-dealkylation sites (N-methyl/N-ethyl adjacent to an activating group) is 1. The summed E-state index contributed by atoms with van der Waals surface area (Å²) in [5, 5.41) is 0. The van der Waals surface area contributed by atoms with Gasteiger partial charge in [-0.05, 0) is 54.9 Å². The average molecular weight is 325 g/mol. The molecule has 0 saturated carbocycles. The molecule has 0 spiro atoms. The zero-order valence-electron chi connectivity index (χ0n) is 14.5. The van der Waals surface area contributed by atoms with Crippen LogP contribution in [0.15, 0.2) is 42.5 Å². The van der Waals surface area contributed by atoms with Gasteiger partial charge in [-0.2, -0.15) is 0 Å². The summed E-state index contributed by atoms with van der Waals surface area (Å²) in [7, 11) is 4.14. The number of ether oxygens (including phenoxy) is 1. The van der Waals surface area contributed by atoms with Gasteiger partial charge >= 0.3 is 0 Å². The van der Waals surface area contributed by atoms with Gasteiger partial charge in [-0.25, -0.2) is 4.39 Å². The van der Waals surface area contributed by atoms with E-state index in [2.05, 4.69) is 50.2 Å². The molecule has 2 aliphatic rings. The Morgan fingerprint density at radius 3 is 2.50 bits per heavy atom.